The Morgan fingerprint density at radius 3 is 2.79 bits per heavy atom. The van der Waals surface area contributed by atoms with Gasteiger partial charge in [-0.3, -0.25) is 4.90 Å². The average Bonchev–Trinajstić information content (AvgIpc) is 2.98. The van der Waals surface area contributed by atoms with Gasteiger partial charge in [0.05, 0.1) is 24.9 Å². The molecule has 24 heavy (non-hydrogen) atoms. The van der Waals surface area contributed by atoms with Crippen LogP contribution in [0.3, 0.4) is 0 Å². The molecule has 0 aromatic carbocycles. The highest BCUT2D eigenvalue weighted by atomic mass is 79.9. The van der Waals surface area contributed by atoms with Gasteiger partial charge in [-0.25, -0.2) is 9.50 Å². The first-order chi connectivity index (χ1) is 11.8. The zero-order chi connectivity index (χ0) is 16.4. The van der Waals surface area contributed by atoms with E-state index < -0.39 is 0 Å². The van der Waals surface area contributed by atoms with E-state index in [0.29, 0.717) is 6.04 Å². The van der Waals surface area contributed by atoms with Crippen LogP contribution in [0, 0.1) is 5.92 Å². The second kappa shape index (κ2) is 7.37. The number of anilines is 1. The molecule has 1 saturated carbocycles. The summed E-state index contributed by atoms with van der Waals surface area (Å²) in [5.74, 6) is 1.55. The molecule has 130 valence electrons. The molecule has 3 heterocycles. The van der Waals surface area contributed by atoms with Crippen molar-refractivity contribution in [3.8, 4) is 0 Å². The SMILES string of the molecule is Brc1ccn2nc(N[C@H]3CC[C@@H](CN4CCOCC4)CC3)ncc12. The first-order valence-electron chi connectivity index (χ1n) is 8.84. The predicted octanol–water partition coefficient (Wildman–Crippen LogP) is 2.79. The van der Waals surface area contributed by atoms with Crippen molar-refractivity contribution >= 4 is 27.4 Å². The van der Waals surface area contributed by atoms with Crippen LogP contribution in [0.5, 0.6) is 0 Å². The van der Waals surface area contributed by atoms with Crippen molar-refractivity contribution in [2.45, 2.75) is 31.7 Å². The molecule has 7 heteroatoms. The average molecular weight is 394 g/mol. The molecule has 2 aliphatic rings. The van der Waals surface area contributed by atoms with Crippen LogP contribution in [0.4, 0.5) is 5.95 Å². The Balaban J connectivity index is 1.29. The molecule has 0 radical (unpaired) electrons. The maximum absolute atomic E-state index is 5.43. The Hall–Kier alpha value is -1.18. The Bertz CT molecular complexity index is 677. The van der Waals surface area contributed by atoms with Gasteiger partial charge in [-0.05, 0) is 53.6 Å². The van der Waals surface area contributed by atoms with Crippen LogP contribution in [0.15, 0.2) is 22.9 Å². The second-order valence-corrected chi connectivity index (χ2v) is 7.70. The van der Waals surface area contributed by atoms with Crippen LogP contribution in [0.1, 0.15) is 25.7 Å². The summed E-state index contributed by atoms with van der Waals surface area (Å²) < 4.78 is 8.32. The summed E-state index contributed by atoms with van der Waals surface area (Å²) in [6.45, 7) is 5.21. The molecule has 2 fully saturated rings. The summed E-state index contributed by atoms with van der Waals surface area (Å²) in [4.78, 5) is 7.01. The van der Waals surface area contributed by atoms with Crippen molar-refractivity contribution in [1.82, 2.24) is 19.5 Å². The first-order valence-corrected chi connectivity index (χ1v) is 9.64. The lowest BCUT2D eigenvalue weighted by molar-refractivity contribution is 0.0276. The summed E-state index contributed by atoms with van der Waals surface area (Å²) in [6.07, 6.45) is 8.78. The highest BCUT2D eigenvalue weighted by Crippen LogP contribution is 2.27. The molecule has 1 aliphatic carbocycles. The second-order valence-electron chi connectivity index (χ2n) is 6.85. The first kappa shape index (κ1) is 16.3. The minimum absolute atomic E-state index is 0.488. The van der Waals surface area contributed by atoms with E-state index in [2.05, 4.69) is 36.2 Å². The number of halogens is 1. The van der Waals surface area contributed by atoms with Crippen LogP contribution in [-0.2, 0) is 4.74 Å². The lowest BCUT2D eigenvalue weighted by atomic mass is 9.85. The van der Waals surface area contributed by atoms with Crippen LogP contribution >= 0.6 is 15.9 Å². The van der Waals surface area contributed by atoms with Gasteiger partial charge in [0.25, 0.3) is 0 Å². The van der Waals surface area contributed by atoms with Crippen molar-refractivity contribution in [3.05, 3.63) is 22.9 Å². The van der Waals surface area contributed by atoms with Crippen molar-refractivity contribution in [3.63, 3.8) is 0 Å². The number of nitrogens with zero attached hydrogens (tertiary/aromatic N) is 4. The van der Waals surface area contributed by atoms with E-state index in [-0.39, 0.29) is 0 Å². The largest absolute Gasteiger partial charge is 0.379 e. The van der Waals surface area contributed by atoms with Gasteiger partial charge in [0.15, 0.2) is 0 Å². The maximum atomic E-state index is 5.43. The van der Waals surface area contributed by atoms with Crippen molar-refractivity contribution in [2.75, 3.05) is 38.2 Å². The van der Waals surface area contributed by atoms with E-state index in [0.717, 1.165) is 48.2 Å². The van der Waals surface area contributed by atoms with Crippen molar-refractivity contribution < 1.29 is 4.74 Å². The van der Waals surface area contributed by atoms with Crippen LogP contribution in [0.2, 0.25) is 0 Å². The molecule has 1 N–H and O–H groups in total. The zero-order valence-corrected chi connectivity index (χ0v) is 15.4. The van der Waals surface area contributed by atoms with Crippen molar-refractivity contribution in [1.29, 1.82) is 0 Å². The fraction of sp³-hybridized carbons (Fsp3) is 0.647. The minimum atomic E-state index is 0.488. The number of nitrogens with one attached hydrogen (secondary N) is 1. The summed E-state index contributed by atoms with van der Waals surface area (Å²) >= 11 is 3.50. The molecule has 0 unspecified atom stereocenters. The Kier molecular flexibility index (Phi) is 5.01. The quantitative estimate of drug-likeness (QED) is 0.865. The molecule has 0 spiro atoms. The summed E-state index contributed by atoms with van der Waals surface area (Å²) in [7, 11) is 0. The van der Waals surface area contributed by atoms with Crippen molar-refractivity contribution in [2.24, 2.45) is 5.92 Å². The number of ether oxygens (including phenoxy) is 1. The Labute approximate surface area is 150 Å². The monoisotopic (exact) mass is 393 g/mol. The third-order valence-electron chi connectivity index (χ3n) is 5.17. The lowest BCUT2D eigenvalue weighted by Crippen LogP contribution is -2.40. The fourth-order valence-corrected chi connectivity index (χ4v) is 4.16. The van der Waals surface area contributed by atoms with Gasteiger partial charge in [-0.1, -0.05) is 0 Å². The van der Waals surface area contributed by atoms with E-state index in [4.69, 9.17) is 4.74 Å². The molecule has 4 rings (SSSR count). The summed E-state index contributed by atoms with van der Waals surface area (Å²) in [5.41, 5.74) is 0.995. The number of fused-ring (bicyclic) bond motifs is 1. The smallest absolute Gasteiger partial charge is 0.241 e. The molecule has 1 aliphatic heterocycles. The number of aromatic nitrogens is 3. The zero-order valence-electron chi connectivity index (χ0n) is 13.8. The summed E-state index contributed by atoms with van der Waals surface area (Å²) in [6, 6.07) is 2.48. The number of morpholine rings is 1. The number of hydrogen-bond donors (Lipinski definition) is 1. The fourth-order valence-electron chi connectivity index (χ4n) is 3.76. The molecule has 2 aromatic heterocycles. The van der Waals surface area contributed by atoms with E-state index in [1.54, 1.807) is 0 Å². The normalized spacial score (nSPS) is 25.9. The van der Waals surface area contributed by atoms with E-state index in [9.17, 15) is 0 Å². The Morgan fingerprint density at radius 2 is 2.00 bits per heavy atom. The minimum Gasteiger partial charge on any atom is -0.379 e. The molecular formula is C17H24BrN5O. The highest BCUT2D eigenvalue weighted by molar-refractivity contribution is 9.10. The van der Waals surface area contributed by atoms with Gasteiger partial charge < -0.3 is 10.1 Å². The lowest BCUT2D eigenvalue weighted by Gasteiger charge is -2.34. The standard InChI is InChI=1S/C17H24BrN5O/c18-15-5-6-23-16(15)11-19-17(21-23)20-14-3-1-13(2-4-14)12-22-7-9-24-10-8-22/h5-6,11,13-14H,1-4,7-10,12H2,(H,20,21)/t13-,14+. The Morgan fingerprint density at radius 1 is 1.21 bits per heavy atom. The van der Waals surface area contributed by atoms with Crippen LogP contribution in [0.25, 0.3) is 5.52 Å². The molecule has 2 aromatic rings. The van der Waals surface area contributed by atoms with Gasteiger partial charge in [0.2, 0.25) is 5.95 Å². The predicted molar refractivity (Wildman–Crippen MR) is 97.3 cm³/mol. The van der Waals surface area contributed by atoms with Gasteiger partial charge >= 0.3 is 0 Å². The van der Waals surface area contributed by atoms with Gasteiger partial charge in [0.1, 0.15) is 0 Å². The van der Waals surface area contributed by atoms with Gasteiger partial charge in [-0.2, -0.15) is 0 Å². The van der Waals surface area contributed by atoms with Crippen LogP contribution in [-0.4, -0.2) is 58.4 Å². The topological polar surface area (TPSA) is 54.7 Å². The molecule has 1 saturated heterocycles. The number of rotatable bonds is 4. The molecule has 0 amide bonds. The van der Waals surface area contributed by atoms with E-state index in [1.807, 2.05) is 23.0 Å². The van der Waals surface area contributed by atoms with Crippen LogP contribution < -0.4 is 5.32 Å². The van der Waals surface area contributed by atoms with Gasteiger partial charge in [0, 0.05) is 36.3 Å². The van der Waals surface area contributed by atoms with E-state index >= 15 is 0 Å². The molecule has 0 bridgehead atoms. The number of hydrogen-bond acceptors (Lipinski definition) is 5. The highest BCUT2D eigenvalue weighted by Gasteiger charge is 2.24. The molecule has 6 nitrogen and oxygen atoms in total. The maximum Gasteiger partial charge on any atom is 0.241 e. The van der Waals surface area contributed by atoms with E-state index in [1.165, 1.54) is 32.2 Å². The summed E-state index contributed by atoms with van der Waals surface area (Å²) in [5, 5.41) is 8.06. The van der Waals surface area contributed by atoms with Gasteiger partial charge in [-0.15, -0.1) is 5.10 Å². The molecule has 0 atom stereocenters. The molecular weight excluding hydrogens is 370 g/mol. The third kappa shape index (κ3) is 3.73. The third-order valence-corrected chi connectivity index (χ3v) is 5.84.